The van der Waals surface area contributed by atoms with Gasteiger partial charge in [0.1, 0.15) is 6.04 Å². The summed E-state index contributed by atoms with van der Waals surface area (Å²) < 4.78 is 0. The van der Waals surface area contributed by atoms with E-state index in [-0.39, 0.29) is 0 Å². The van der Waals surface area contributed by atoms with E-state index in [2.05, 4.69) is 5.32 Å². The monoisotopic (exact) mass is 305 g/mol. The Morgan fingerprint density at radius 2 is 1.78 bits per heavy atom. The van der Waals surface area contributed by atoms with E-state index in [0.717, 1.165) is 27.6 Å². The second kappa shape index (κ2) is 6.53. The van der Waals surface area contributed by atoms with Crippen LogP contribution in [-0.2, 0) is 11.2 Å². The van der Waals surface area contributed by atoms with Gasteiger partial charge in [0.15, 0.2) is 0 Å². The lowest BCUT2D eigenvalue weighted by Gasteiger charge is -2.17. The number of rotatable bonds is 5. The molecule has 0 aliphatic carbocycles. The zero-order valence-corrected chi connectivity index (χ0v) is 13.0. The highest BCUT2D eigenvalue weighted by Crippen LogP contribution is 2.21. The maximum Gasteiger partial charge on any atom is 0.326 e. The SMILES string of the molecule is Cc1cccc(N[C@@H](Cc2cccc3ccccc23)C(=O)O)c1. The van der Waals surface area contributed by atoms with Crippen molar-refractivity contribution in [3.8, 4) is 0 Å². The van der Waals surface area contributed by atoms with Crippen LogP contribution in [-0.4, -0.2) is 17.1 Å². The molecule has 0 radical (unpaired) electrons. The molecule has 3 rings (SSSR count). The first kappa shape index (κ1) is 15.1. The van der Waals surface area contributed by atoms with Crippen LogP contribution in [0.5, 0.6) is 0 Å². The maximum absolute atomic E-state index is 11.7. The third-order valence-corrected chi connectivity index (χ3v) is 3.96. The van der Waals surface area contributed by atoms with Gasteiger partial charge in [0.25, 0.3) is 0 Å². The molecule has 0 unspecified atom stereocenters. The molecule has 0 bridgehead atoms. The minimum absolute atomic E-state index is 0.435. The molecule has 0 fully saturated rings. The van der Waals surface area contributed by atoms with E-state index >= 15 is 0 Å². The van der Waals surface area contributed by atoms with Crippen LogP contribution in [0.1, 0.15) is 11.1 Å². The number of carboxylic acids is 1. The Morgan fingerprint density at radius 1 is 1.04 bits per heavy atom. The van der Waals surface area contributed by atoms with Crippen molar-refractivity contribution < 1.29 is 9.90 Å². The van der Waals surface area contributed by atoms with Gasteiger partial charge < -0.3 is 10.4 Å². The lowest BCUT2D eigenvalue weighted by Crippen LogP contribution is -2.31. The molecule has 1 atom stereocenters. The molecule has 0 aliphatic heterocycles. The molecular formula is C20H19NO2. The highest BCUT2D eigenvalue weighted by atomic mass is 16.4. The summed E-state index contributed by atoms with van der Waals surface area (Å²) >= 11 is 0. The van der Waals surface area contributed by atoms with E-state index in [1.165, 1.54) is 0 Å². The topological polar surface area (TPSA) is 49.3 Å². The average Bonchev–Trinajstić information content (AvgIpc) is 2.54. The van der Waals surface area contributed by atoms with E-state index in [1.54, 1.807) is 0 Å². The van der Waals surface area contributed by atoms with Crippen molar-refractivity contribution in [1.29, 1.82) is 0 Å². The summed E-state index contributed by atoms with van der Waals surface area (Å²) in [5.74, 6) is -0.848. The maximum atomic E-state index is 11.7. The van der Waals surface area contributed by atoms with Crippen LogP contribution in [0.15, 0.2) is 66.7 Å². The molecule has 0 saturated heterocycles. The van der Waals surface area contributed by atoms with Gasteiger partial charge in [-0.3, -0.25) is 0 Å². The van der Waals surface area contributed by atoms with Gasteiger partial charge in [-0.05, 0) is 41.0 Å². The Morgan fingerprint density at radius 3 is 2.57 bits per heavy atom. The van der Waals surface area contributed by atoms with Gasteiger partial charge >= 0.3 is 5.97 Å². The summed E-state index contributed by atoms with van der Waals surface area (Å²) in [6.45, 7) is 1.99. The van der Waals surface area contributed by atoms with Gasteiger partial charge in [-0.25, -0.2) is 4.79 Å². The Labute approximate surface area is 135 Å². The van der Waals surface area contributed by atoms with Gasteiger partial charge in [0.2, 0.25) is 0 Å². The van der Waals surface area contributed by atoms with Crippen LogP contribution in [0.4, 0.5) is 5.69 Å². The van der Waals surface area contributed by atoms with Crippen LogP contribution in [0.2, 0.25) is 0 Å². The first-order chi connectivity index (χ1) is 11.1. The fourth-order valence-electron chi connectivity index (χ4n) is 2.83. The second-order valence-corrected chi connectivity index (χ2v) is 5.75. The first-order valence-electron chi connectivity index (χ1n) is 7.66. The minimum Gasteiger partial charge on any atom is -0.480 e. The number of hydrogen-bond donors (Lipinski definition) is 2. The molecule has 0 saturated carbocycles. The highest BCUT2D eigenvalue weighted by molar-refractivity contribution is 5.87. The lowest BCUT2D eigenvalue weighted by atomic mass is 9.98. The molecular weight excluding hydrogens is 286 g/mol. The number of fused-ring (bicyclic) bond motifs is 1. The molecule has 3 aromatic carbocycles. The third-order valence-electron chi connectivity index (χ3n) is 3.96. The average molecular weight is 305 g/mol. The van der Waals surface area contributed by atoms with Crippen LogP contribution < -0.4 is 5.32 Å². The predicted octanol–water partition coefficient (Wildman–Crippen LogP) is 4.26. The Balaban J connectivity index is 1.88. The molecule has 116 valence electrons. The van der Waals surface area contributed by atoms with Crippen molar-refractivity contribution in [2.24, 2.45) is 0 Å². The molecule has 3 aromatic rings. The highest BCUT2D eigenvalue weighted by Gasteiger charge is 2.18. The zero-order chi connectivity index (χ0) is 16.2. The molecule has 3 nitrogen and oxygen atoms in total. The predicted molar refractivity (Wildman–Crippen MR) is 93.9 cm³/mol. The number of benzene rings is 3. The molecule has 3 heteroatoms. The number of aliphatic carboxylic acids is 1. The number of aryl methyl sites for hydroxylation is 1. The molecule has 0 spiro atoms. The van der Waals surface area contributed by atoms with E-state index in [0.29, 0.717) is 6.42 Å². The standard InChI is InChI=1S/C20H19NO2/c1-14-6-4-10-17(12-14)21-19(20(22)23)13-16-9-5-8-15-7-2-3-11-18(15)16/h2-12,19,21H,13H2,1H3,(H,22,23)/t19-/m0/s1. The Kier molecular flexibility index (Phi) is 4.29. The summed E-state index contributed by atoms with van der Waals surface area (Å²) in [6, 6.07) is 21.2. The number of anilines is 1. The normalized spacial score (nSPS) is 12.0. The molecule has 23 heavy (non-hydrogen) atoms. The third kappa shape index (κ3) is 3.51. The van der Waals surface area contributed by atoms with E-state index in [9.17, 15) is 9.90 Å². The Bertz CT molecular complexity index is 836. The fraction of sp³-hybridized carbons (Fsp3) is 0.150. The molecule has 0 aliphatic rings. The summed E-state index contributed by atoms with van der Waals surface area (Å²) in [6.07, 6.45) is 0.435. The summed E-state index contributed by atoms with van der Waals surface area (Å²) in [7, 11) is 0. The quantitative estimate of drug-likeness (QED) is 0.740. The summed E-state index contributed by atoms with van der Waals surface area (Å²) in [5.41, 5.74) is 2.97. The van der Waals surface area contributed by atoms with Crippen molar-refractivity contribution in [3.63, 3.8) is 0 Å². The summed E-state index contributed by atoms with van der Waals surface area (Å²) in [4.78, 5) is 11.7. The number of carboxylic acid groups (broad SMARTS) is 1. The number of carbonyl (C=O) groups is 1. The van der Waals surface area contributed by atoms with Crippen LogP contribution in [0, 0.1) is 6.92 Å². The lowest BCUT2D eigenvalue weighted by molar-refractivity contribution is -0.137. The fourth-order valence-corrected chi connectivity index (χ4v) is 2.83. The van der Waals surface area contributed by atoms with Crippen molar-refractivity contribution in [3.05, 3.63) is 77.9 Å². The molecule has 0 heterocycles. The van der Waals surface area contributed by atoms with Gasteiger partial charge in [-0.1, -0.05) is 54.6 Å². The van der Waals surface area contributed by atoms with Gasteiger partial charge in [-0.2, -0.15) is 0 Å². The van der Waals surface area contributed by atoms with E-state index in [1.807, 2.05) is 73.7 Å². The molecule has 2 N–H and O–H groups in total. The molecule has 0 amide bonds. The van der Waals surface area contributed by atoms with Crippen molar-refractivity contribution in [2.45, 2.75) is 19.4 Å². The van der Waals surface area contributed by atoms with Gasteiger partial charge in [0, 0.05) is 12.1 Å². The second-order valence-electron chi connectivity index (χ2n) is 5.75. The van der Waals surface area contributed by atoms with Crippen LogP contribution >= 0.6 is 0 Å². The van der Waals surface area contributed by atoms with E-state index in [4.69, 9.17) is 0 Å². The summed E-state index contributed by atoms with van der Waals surface area (Å²) in [5, 5.41) is 14.9. The minimum atomic E-state index is -0.848. The van der Waals surface area contributed by atoms with Gasteiger partial charge in [-0.15, -0.1) is 0 Å². The first-order valence-corrected chi connectivity index (χ1v) is 7.66. The van der Waals surface area contributed by atoms with Crippen molar-refractivity contribution in [1.82, 2.24) is 0 Å². The molecule has 0 aromatic heterocycles. The van der Waals surface area contributed by atoms with Crippen LogP contribution in [0.25, 0.3) is 10.8 Å². The van der Waals surface area contributed by atoms with E-state index < -0.39 is 12.0 Å². The van der Waals surface area contributed by atoms with Crippen molar-refractivity contribution >= 4 is 22.4 Å². The van der Waals surface area contributed by atoms with Crippen molar-refractivity contribution in [2.75, 3.05) is 5.32 Å². The zero-order valence-electron chi connectivity index (χ0n) is 13.0. The van der Waals surface area contributed by atoms with Gasteiger partial charge in [0.05, 0.1) is 0 Å². The smallest absolute Gasteiger partial charge is 0.326 e. The van der Waals surface area contributed by atoms with Crippen LogP contribution in [0.3, 0.4) is 0 Å². The number of hydrogen-bond acceptors (Lipinski definition) is 2. The number of nitrogens with one attached hydrogen (secondary N) is 1. The Hall–Kier alpha value is -2.81. The largest absolute Gasteiger partial charge is 0.480 e.